The van der Waals surface area contributed by atoms with Crippen LogP contribution in [0.1, 0.15) is 12.8 Å². The average molecular weight is 437 g/mol. The number of nitrogens with zero attached hydrogens (tertiary/aromatic N) is 2. The van der Waals surface area contributed by atoms with E-state index in [1.807, 2.05) is 24.4 Å². The van der Waals surface area contributed by atoms with E-state index in [-0.39, 0.29) is 0 Å². The zero-order valence-corrected chi connectivity index (χ0v) is 17.3. The number of methoxy groups -OCH3 is 1. The van der Waals surface area contributed by atoms with Crippen LogP contribution in [0, 0.1) is 0 Å². The van der Waals surface area contributed by atoms with Gasteiger partial charge in [-0.1, -0.05) is 6.07 Å². The molecule has 0 aliphatic rings. The zero-order chi connectivity index (χ0) is 21.4. The summed E-state index contributed by atoms with van der Waals surface area (Å²) in [6.45, 7) is 1.71. The largest absolute Gasteiger partial charge is 0.497 e. The van der Waals surface area contributed by atoms with E-state index in [1.165, 1.54) is 0 Å². The third-order valence-corrected chi connectivity index (χ3v) is 5.17. The Morgan fingerprint density at radius 2 is 1.79 bits per heavy atom. The number of pyridine rings is 1. The minimum Gasteiger partial charge on any atom is -0.497 e. The predicted octanol–water partition coefficient (Wildman–Crippen LogP) is 1.61. The fraction of sp³-hybridized carbons (Fsp3) is 0.400. The number of ether oxygens (including phenoxy) is 1. The molecule has 0 fully saturated rings. The van der Waals surface area contributed by atoms with Crippen LogP contribution in [0.3, 0.4) is 0 Å². The maximum atomic E-state index is 9.63. The Labute approximate surface area is 162 Å². The van der Waals surface area contributed by atoms with E-state index in [0.717, 1.165) is 48.3 Å². The highest BCUT2D eigenvalue weighted by atomic mass is 31.3. The lowest BCUT2D eigenvalue weighted by Gasteiger charge is -2.21. The number of anilines is 1. The standard InChI is InChI=1S/C15H21N3O.H4O7P2/c1-18(9-4-3-7-16)14-11-13(19-2)10-12-6-5-8-17-15(12)14;1-8(2,3)7-9(4,5)6/h5-6,8,10-11H,3-4,7,9,16H2,1-2H3;(H2,1,2,3)(H2,4,5,6). The van der Waals surface area contributed by atoms with E-state index in [1.54, 1.807) is 7.11 Å². The fourth-order valence-electron chi connectivity index (χ4n) is 2.31. The molecule has 0 radical (unpaired) electrons. The van der Waals surface area contributed by atoms with Crippen molar-refractivity contribution in [3.63, 3.8) is 0 Å². The molecule has 0 spiro atoms. The maximum Gasteiger partial charge on any atom is 0.478 e. The van der Waals surface area contributed by atoms with Gasteiger partial charge in [0.05, 0.1) is 18.3 Å². The van der Waals surface area contributed by atoms with Crippen LogP contribution >= 0.6 is 15.6 Å². The van der Waals surface area contributed by atoms with Crippen molar-refractivity contribution < 1.29 is 37.8 Å². The van der Waals surface area contributed by atoms with Crippen molar-refractivity contribution in [2.24, 2.45) is 5.73 Å². The first kappa shape index (κ1) is 24.5. The van der Waals surface area contributed by atoms with Crippen LogP contribution in [-0.4, -0.2) is 51.8 Å². The number of phosphoric acid groups is 2. The third kappa shape index (κ3) is 9.09. The van der Waals surface area contributed by atoms with Crippen molar-refractivity contribution in [3.05, 3.63) is 30.5 Å². The van der Waals surface area contributed by atoms with Gasteiger partial charge in [-0.2, -0.15) is 4.31 Å². The van der Waals surface area contributed by atoms with Gasteiger partial charge in [-0.05, 0) is 31.5 Å². The molecule has 0 atom stereocenters. The van der Waals surface area contributed by atoms with Crippen LogP contribution in [0.2, 0.25) is 0 Å². The van der Waals surface area contributed by atoms with Crippen LogP contribution < -0.4 is 15.4 Å². The van der Waals surface area contributed by atoms with Crippen molar-refractivity contribution in [3.8, 4) is 5.75 Å². The fourth-order valence-corrected chi connectivity index (χ4v) is 3.42. The minimum absolute atomic E-state index is 0.741. The lowest BCUT2D eigenvalue weighted by Crippen LogP contribution is -2.20. The average Bonchev–Trinajstić information content (AvgIpc) is 2.58. The Hall–Kier alpha value is -1.55. The molecule has 6 N–H and O–H groups in total. The number of benzene rings is 1. The molecule has 0 unspecified atom stereocenters. The summed E-state index contributed by atoms with van der Waals surface area (Å²) >= 11 is 0. The summed E-state index contributed by atoms with van der Waals surface area (Å²) < 4.78 is 27.6. The van der Waals surface area contributed by atoms with Gasteiger partial charge in [0, 0.05) is 31.2 Å². The molecule has 13 heteroatoms. The van der Waals surface area contributed by atoms with Gasteiger partial charge in [0.25, 0.3) is 0 Å². The Morgan fingerprint density at radius 3 is 2.29 bits per heavy atom. The first-order valence-electron chi connectivity index (χ1n) is 8.13. The molecule has 158 valence electrons. The van der Waals surface area contributed by atoms with Crippen LogP contribution in [0.4, 0.5) is 5.69 Å². The first-order chi connectivity index (χ1) is 13.0. The number of hydrogen-bond acceptors (Lipinski definition) is 7. The highest BCUT2D eigenvalue weighted by molar-refractivity contribution is 7.60. The topological polar surface area (TPSA) is 176 Å². The van der Waals surface area contributed by atoms with Gasteiger partial charge >= 0.3 is 15.6 Å². The summed E-state index contributed by atoms with van der Waals surface area (Å²) in [5, 5.41) is 1.10. The number of nitrogens with two attached hydrogens (primary N) is 1. The monoisotopic (exact) mass is 437 g/mol. The van der Waals surface area contributed by atoms with Gasteiger partial charge in [-0.3, -0.25) is 4.98 Å². The molecule has 0 bridgehead atoms. The highest BCUT2D eigenvalue weighted by Crippen LogP contribution is 2.53. The molecule has 1 aromatic carbocycles. The highest BCUT2D eigenvalue weighted by Gasteiger charge is 2.27. The quantitative estimate of drug-likeness (QED) is 0.299. The number of unbranched alkanes of at least 4 members (excludes halogenated alkanes) is 1. The molecule has 0 aliphatic carbocycles. The Morgan fingerprint density at radius 1 is 1.14 bits per heavy atom. The van der Waals surface area contributed by atoms with Gasteiger partial charge in [0.15, 0.2) is 0 Å². The van der Waals surface area contributed by atoms with Crippen molar-refractivity contribution in [1.29, 1.82) is 0 Å². The first-order valence-corrected chi connectivity index (χ1v) is 11.2. The number of aromatic nitrogens is 1. The number of hydrogen-bond donors (Lipinski definition) is 5. The summed E-state index contributed by atoms with van der Waals surface area (Å²) in [7, 11) is -6.33. The molecule has 0 amide bonds. The minimum atomic E-state index is -5.05. The Balaban J connectivity index is 0.000000370. The molecule has 0 saturated heterocycles. The normalized spacial score (nSPS) is 11.7. The molecule has 0 saturated carbocycles. The molecular weight excluding hydrogens is 412 g/mol. The molecule has 1 heterocycles. The molecule has 0 aliphatic heterocycles. The molecule has 2 rings (SSSR count). The van der Waals surface area contributed by atoms with Gasteiger partial charge in [0.1, 0.15) is 5.75 Å². The van der Waals surface area contributed by atoms with Crippen molar-refractivity contribution in [1.82, 2.24) is 4.98 Å². The van der Waals surface area contributed by atoms with Crippen molar-refractivity contribution in [2.75, 3.05) is 32.1 Å². The van der Waals surface area contributed by atoms with E-state index < -0.39 is 15.6 Å². The maximum absolute atomic E-state index is 9.63. The van der Waals surface area contributed by atoms with Crippen LogP contribution in [-0.2, 0) is 13.4 Å². The van der Waals surface area contributed by atoms with Gasteiger partial charge < -0.3 is 34.9 Å². The second-order valence-corrected chi connectivity index (χ2v) is 8.32. The Kier molecular flexibility index (Phi) is 9.49. The second-order valence-electron chi connectivity index (χ2n) is 5.70. The van der Waals surface area contributed by atoms with E-state index >= 15 is 0 Å². The molecular formula is C15H25N3O8P2. The lowest BCUT2D eigenvalue weighted by molar-refractivity contribution is 0.225. The smallest absolute Gasteiger partial charge is 0.478 e. The summed E-state index contributed by atoms with van der Waals surface area (Å²) in [6, 6.07) is 8.05. The summed E-state index contributed by atoms with van der Waals surface area (Å²) in [5.41, 5.74) is 7.65. The summed E-state index contributed by atoms with van der Waals surface area (Å²) in [5.74, 6) is 0.862. The van der Waals surface area contributed by atoms with E-state index in [2.05, 4.69) is 27.3 Å². The summed E-state index contributed by atoms with van der Waals surface area (Å²) in [6.07, 6.45) is 3.95. The van der Waals surface area contributed by atoms with Gasteiger partial charge in [-0.15, -0.1) is 0 Å². The molecule has 1 aromatic heterocycles. The van der Waals surface area contributed by atoms with Gasteiger partial charge in [-0.25, -0.2) is 9.13 Å². The summed E-state index contributed by atoms with van der Waals surface area (Å²) in [4.78, 5) is 37.7. The lowest BCUT2D eigenvalue weighted by atomic mass is 10.1. The zero-order valence-electron chi connectivity index (χ0n) is 15.5. The SMILES string of the molecule is COc1cc(N(C)CCCCN)c2ncccc2c1.O=P(O)(O)OP(=O)(O)O. The van der Waals surface area contributed by atoms with E-state index in [9.17, 15) is 9.13 Å². The van der Waals surface area contributed by atoms with Crippen LogP contribution in [0.5, 0.6) is 5.75 Å². The molecule has 11 nitrogen and oxygen atoms in total. The van der Waals surface area contributed by atoms with Gasteiger partial charge in [0.2, 0.25) is 0 Å². The second kappa shape index (κ2) is 10.8. The van der Waals surface area contributed by atoms with Crippen molar-refractivity contribution in [2.45, 2.75) is 12.8 Å². The van der Waals surface area contributed by atoms with E-state index in [4.69, 9.17) is 30.0 Å². The number of fused-ring (bicyclic) bond motifs is 1. The third-order valence-electron chi connectivity index (χ3n) is 3.47. The van der Waals surface area contributed by atoms with E-state index in [0.29, 0.717) is 0 Å². The predicted molar refractivity (Wildman–Crippen MR) is 105 cm³/mol. The Bertz CT molecular complexity index is 834. The number of rotatable bonds is 8. The molecule has 2 aromatic rings. The van der Waals surface area contributed by atoms with Crippen LogP contribution in [0.25, 0.3) is 10.9 Å². The molecule has 28 heavy (non-hydrogen) atoms. The van der Waals surface area contributed by atoms with Crippen molar-refractivity contribution >= 4 is 32.2 Å². The van der Waals surface area contributed by atoms with Crippen LogP contribution in [0.15, 0.2) is 30.5 Å².